The van der Waals surface area contributed by atoms with E-state index in [2.05, 4.69) is 15.7 Å². The summed E-state index contributed by atoms with van der Waals surface area (Å²) in [6.07, 6.45) is 0.120. The maximum absolute atomic E-state index is 13.0. The summed E-state index contributed by atoms with van der Waals surface area (Å²) in [5, 5.41) is 11.2. The van der Waals surface area contributed by atoms with Gasteiger partial charge < -0.3 is 15.4 Å². The molecule has 0 saturated carbocycles. The molecule has 29 heavy (non-hydrogen) atoms. The maximum Gasteiger partial charge on any atom is 0.354 e. The van der Waals surface area contributed by atoms with Crippen LogP contribution in [-0.2, 0) is 14.3 Å². The Morgan fingerprint density at radius 3 is 2.59 bits per heavy atom. The Bertz CT molecular complexity index is 943. The van der Waals surface area contributed by atoms with Crippen LogP contribution in [0, 0.1) is 0 Å². The average Bonchev–Trinajstić information content (AvgIpc) is 3.20. The molecule has 0 bridgehead atoms. The number of anilines is 2. The summed E-state index contributed by atoms with van der Waals surface area (Å²) in [6.45, 7) is 1.94. The van der Waals surface area contributed by atoms with Crippen LogP contribution >= 0.6 is 0 Å². The van der Waals surface area contributed by atoms with Crippen LogP contribution in [0.25, 0.3) is 0 Å². The summed E-state index contributed by atoms with van der Waals surface area (Å²) in [4.78, 5) is 37.0. The number of nitrogens with zero attached hydrogens (tertiary/aromatic N) is 2. The second kappa shape index (κ2) is 9.01. The van der Waals surface area contributed by atoms with Gasteiger partial charge in [-0.15, -0.1) is 0 Å². The first-order valence-corrected chi connectivity index (χ1v) is 9.25. The van der Waals surface area contributed by atoms with Gasteiger partial charge in [0.2, 0.25) is 5.91 Å². The van der Waals surface area contributed by atoms with Gasteiger partial charge in [0.25, 0.3) is 5.91 Å². The van der Waals surface area contributed by atoms with Crippen LogP contribution in [-0.4, -0.2) is 43.2 Å². The molecule has 1 unspecified atom stereocenters. The number of hydrazone groups is 1. The fourth-order valence-corrected chi connectivity index (χ4v) is 2.98. The number of hydrogen-bond donors (Lipinski definition) is 2. The van der Waals surface area contributed by atoms with E-state index < -0.39 is 12.0 Å². The van der Waals surface area contributed by atoms with Gasteiger partial charge in [0.05, 0.1) is 12.3 Å². The molecule has 0 aromatic heterocycles. The third-order valence-corrected chi connectivity index (χ3v) is 4.36. The van der Waals surface area contributed by atoms with E-state index >= 15 is 0 Å². The zero-order chi connectivity index (χ0) is 20.8. The minimum atomic E-state index is -0.722. The highest BCUT2D eigenvalue weighted by Gasteiger charge is 2.36. The maximum atomic E-state index is 13.0. The first-order valence-electron chi connectivity index (χ1n) is 9.25. The fourth-order valence-electron chi connectivity index (χ4n) is 2.98. The summed E-state index contributed by atoms with van der Waals surface area (Å²) in [6, 6.07) is 15.0. The molecule has 0 fully saturated rings. The van der Waals surface area contributed by atoms with Gasteiger partial charge in [-0.25, -0.2) is 4.79 Å². The first-order chi connectivity index (χ1) is 14.0. The number of rotatable bonds is 6. The van der Waals surface area contributed by atoms with Crippen molar-refractivity contribution in [3.63, 3.8) is 0 Å². The molecule has 1 atom stereocenters. The lowest BCUT2D eigenvalue weighted by Gasteiger charge is -2.22. The van der Waals surface area contributed by atoms with Crippen LogP contribution in [0.15, 0.2) is 59.7 Å². The van der Waals surface area contributed by atoms with E-state index in [0.29, 0.717) is 16.9 Å². The molecule has 1 aliphatic heterocycles. The molecule has 3 rings (SSSR count). The Morgan fingerprint density at radius 2 is 1.90 bits per heavy atom. The Morgan fingerprint density at radius 1 is 1.14 bits per heavy atom. The Kier molecular flexibility index (Phi) is 6.23. The van der Waals surface area contributed by atoms with Crippen LogP contribution in [0.5, 0.6) is 0 Å². The molecule has 1 heterocycles. The summed E-state index contributed by atoms with van der Waals surface area (Å²) >= 11 is 0. The second-order valence-electron chi connectivity index (χ2n) is 6.32. The third-order valence-electron chi connectivity index (χ3n) is 4.36. The van der Waals surface area contributed by atoms with Gasteiger partial charge in [-0.05, 0) is 37.3 Å². The van der Waals surface area contributed by atoms with Crippen molar-refractivity contribution < 1.29 is 19.1 Å². The van der Waals surface area contributed by atoms with E-state index in [4.69, 9.17) is 4.74 Å². The topological polar surface area (TPSA) is 100 Å². The first kappa shape index (κ1) is 20.1. The molecule has 0 radical (unpaired) electrons. The highest BCUT2D eigenvalue weighted by molar-refractivity contribution is 6.38. The Balaban J connectivity index is 1.83. The largest absolute Gasteiger partial charge is 0.461 e. The summed E-state index contributed by atoms with van der Waals surface area (Å²) in [5.74, 6) is -1.13. The number of benzene rings is 2. The highest BCUT2D eigenvalue weighted by atomic mass is 16.5. The molecular formula is C21H22N4O4. The van der Waals surface area contributed by atoms with E-state index in [1.807, 2.05) is 30.3 Å². The van der Waals surface area contributed by atoms with E-state index in [-0.39, 0.29) is 30.6 Å². The lowest BCUT2D eigenvalue weighted by Crippen LogP contribution is -2.38. The van der Waals surface area contributed by atoms with Gasteiger partial charge >= 0.3 is 5.97 Å². The fraction of sp³-hybridized carbons (Fsp3) is 0.238. The third kappa shape index (κ3) is 4.60. The van der Waals surface area contributed by atoms with E-state index in [9.17, 15) is 14.4 Å². The predicted octanol–water partition coefficient (Wildman–Crippen LogP) is 2.18. The number of carbonyl (C=O) groups is 3. The molecule has 150 valence electrons. The average molecular weight is 394 g/mol. The standard InChI is InChI=1S/C21H22N4O4/c1-3-29-21(28)17-13-18(25(24-17)16-10-5-4-6-11-16)20(27)23-15-9-7-8-14(12-15)19(26)22-2/h4-12,18H,3,13H2,1-2H3,(H,22,26)(H,23,27). The van der Waals surface area contributed by atoms with Crippen LogP contribution in [0.2, 0.25) is 0 Å². The molecule has 0 saturated heterocycles. The molecule has 0 aliphatic carbocycles. The minimum Gasteiger partial charge on any atom is -0.461 e. The van der Waals surface area contributed by atoms with E-state index in [1.165, 1.54) is 12.1 Å². The number of esters is 1. The van der Waals surface area contributed by atoms with Crippen molar-refractivity contribution in [3.8, 4) is 0 Å². The second-order valence-corrected chi connectivity index (χ2v) is 6.32. The normalized spacial score (nSPS) is 15.4. The molecule has 2 amide bonds. The molecule has 8 nitrogen and oxygen atoms in total. The van der Waals surface area contributed by atoms with Gasteiger partial charge in [-0.2, -0.15) is 5.10 Å². The number of amides is 2. The zero-order valence-corrected chi connectivity index (χ0v) is 16.2. The van der Waals surface area contributed by atoms with Gasteiger partial charge in [0, 0.05) is 24.7 Å². The van der Waals surface area contributed by atoms with Crippen molar-refractivity contribution in [1.82, 2.24) is 5.32 Å². The van der Waals surface area contributed by atoms with Crippen molar-refractivity contribution in [2.24, 2.45) is 5.10 Å². The minimum absolute atomic E-state index is 0.120. The zero-order valence-electron chi connectivity index (χ0n) is 16.2. The monoisotopic (exact) mass is 394 g/mol. The number of hydrogen-bond acceptors (Lipinski definition) is 6. The quantitative estimate of drug-likeness (QED) is 0.732. The summed E-state index contributed by atoms with van der Waals surface area (Å²) in [7, 11) is 1.54. The van der Waals surface area contributed by atoms with Crippen LogP contribution in [0.3, 0.4) is 0 Å². The van der Waals surface area contributed by atoms with Crippen molar-refractivity contribution in [3.05, 3.63) is 60.2 Å². The van der Waals surface area contributed by atoms with Crippen LogP contribution < -0.4 is 15.6 Å². The van der Waals surface area contributed by atoms with Gasteiger partial charge in [0.15, 0.2) is 0 Å². The van der Waals surface area contributed by atoms with Crippen molar-refractivity contribution >= 4 is 34.9 Å². The Hall–Kier alpha value is -3.68. The van der Waals surface area contributed by atoms with E-state index in [0.717, 1.165) is 0 Å². The molecule has 2 N–H and O–H groups in total. The number of nitrogens with one attached hydrogen (secondary N) is 2. The molecule has 1 aliphatic rings. The molecule has 0 spiro atoms. The SMILES string of the molecule is CCOC(=O)C1=NN(c2ccccc2)C(C(=O)Nc2cccc(C(=O)NC)c2)C1. The van der Waals surface area contributed by atoms with Crippen LogP contribution in [0.4, 0.5) is 11.4 Å². The van der Waals surface area contributed by atoms with Gasteiger partial charge in [0.1, 0.15) is 11.8 Å². The smallest absolute Gasteiger partial charge is 0.354 e. The predicted molar refractivity (Wildman–Crippen MR) is 110 cm³/mol. The molecule has 2 aromatic rings. The number of ether oxygens (including phenoxy) is 1. The van der Waals surface area contributed by atoms with Gasteiger partial charge in [-0.1, -0.05) is 24.3 Å². The highest BCUT2D eigenvalue weighted by Crippen LogP contribution is 2.26. The lowest BCUT2D eigenvalue weighted by atomic mass is 10.1. The summed E-state index contributed by atoms with van der Waals surface area (Å²) < 4.78 is 5.04. The van der Waals surface area contributed by atoms with E-state index in [1.54, 1.807) is 31.2 Å². The van der Waals surface area contributed by atoms with Crippen LogP contribution in [0.1, 0.15) is 23.7 Å². The molecule has 2 aromatic carbocycles. The number of para-hydroxylation sites is 1. The number of carbonyl (C=O) groups excluding carboxylic acids is 3. The van der Waals surface area contributed by atoms with Crippen molar-refractivity contribution in [2.75, 3.05) is 24.0 Å². The van der Waals surface area contributed by atoms with Crippen molar-refractivity contribution in [1.29, 1.82) is 0 Å². The van der Waals surface area contributed by atoms with Gasteiger partial charge in [-0.3, -0.25) is 14.6 Å². The Labute approximate surface area is 168 Å². The molecule has 8 heteroatoms. The molecular weight excluding hydrogens is 372 g/mol. The summed E-state index contributed by atoms with van der Waals surface area (Å²) in [5.41, 5.74) is 1.79. The van der Waals surface area contributed by atoms with Crippen molar-refractivity contribution in [2.45, 2.75) is 19.4 Å². The lowest BCUT2D eigenvalue weighted by molar-refractivity contribution is -0.135.